The molecule has 0 unspecified atom stereocenters. The molecule has 1 fully saturated rings. The van der Waals surface area contributed by atoms with Crippen LogP contribution in [0.1, 0.15) is 28.7 Å². The van der Waals surface area contributed by atoms with Crippen LogP contribution < -0.4 is 0 Å². The van der Waals surface area contributed by atoms with Gasteiger partial charge in [0.05, 0.1) is 37.2 Å². The SMILES string of the molecule is Cc1cc(C)n(C[C@H]2CN(Cc3nc(C)c(C)o3)CCO2)n1. The van der Waals surface area contributed by atoms with Crippen LogP contribution >= 0.6 is 0 Å². The van der Waals surface area contributed by atoms with Gasteiger partial charge in [-0.25, -0.2) is 4.98 Å². The molecule has 1 saturated heterocycles. The molecule has 1 aliphatic rings. The number of aromatic nitrogens is 3. The Kier molecular flexibility index (Phi) is 4.31. The van der Waals surface area contributed by atoms with Crippen molar-refractivity contribution < 1.29 is 9.15 Å². The van der Waals surface area contributed by atoms with Gasteiger partial charge in [-0.15, -0.1) is 0 Å². The van der Waals surface area contributed by atoms with Crippen molar-refractivity contribution in [2.45, 2.75) is 46.9 Å². The van der Waals surface area contributed by atoms with E-state index in [1.54, 1.807) is 0 Å². The minimum Gasteiger partial charge on any atom is -0.444 e. The first kappa shape index (κ1) is 15.2. The molecule has 1 atom stereocenters. The van der Waals surface area contributed by atoms with E-state index in [0.29, 0.717) is 0 Å². The van der Waals surface area contributed by atoms with Crippen LogP contribution in [0.4, 0.5) is 0 Å². The van der Waals surface area contributed by atoms with Crippen LogP contribution in [0.2, 0.25) is 0 Å². The van der Waals surface area contributed by atoms with E-state index in [4.69, 9.17) is 9.15 Å². The summed E-state index contributed by atoms with van der Waals surface area (Å²) in [4.78, 5) is 6.80. The Balaban J connectivity index is 1.60. The molecule has 0 spiro atoms. The van der Waals surface area contributed by atoms with Gasteiger partial charge in [0.2, 0.25) is 5.89 Å². The van der Waals surface area contributed by atoms with Crippen molar-refractivity contribution in [3.63, 3.8) is 0 Å². The minimum absolute atomic E-state index is 0.156. The molecular weight excluding hydrogens is 280 g/mol. The number of morpholine rings is 1. The Morgan fingerprint density at radius 3 is 2.73 bits per heavy atom. The Labute approximate surface area is 131 Å². The second kappa shape index (κ2) is 6.22. The van der Waals surface area contributed by atoms with Crippen molar-refractivity contribution >= 4 is 0 Å². The van der Waals surface area contributed by atoms with E-state index in [0.717, 1.165) is 55.8 Å². The number of nitrogens with zero attached hydrogens (tertiary/aromatic N) is 4. The summed E-state index contributed by atoms with van der Waals surface area (Å²) in [5, 5.41) is 4.52. The van der Waals surface area contributed by atoms with Gasteiger partial charge >= 0.3 is 0 Å². The van der Waals surface area contributed by atoms with Crippen LogP contribution in [-0.2, 0) is 17.8 Å². The molecule has 6 nitrogen and oxygen atoms in total. The molecule has 3 heterocycles. The number of hydrogen-bond acceptors (Lipinski definition) is 5. The van der Waals surface area contributed by atoms with Gasteiger partial charge in [-0.1, -0.05) is 0 Å². The van der Waals surface area contributed by atoms with Crippen molar-refractivity contribution in [1.29, 1.82) is 0 Å². The average Bonchev–Trinajstić information content (AvgIpc) is 2.92. The number of hydrogen-bond donors (Lipinski definition) is 0. The zero-order chi connectivity index (χ0) is 15.7. The summed E-state index contributed by atoms with van der Waals surface area (Å²) in [5.41, 5.74) is 3.20. The highest BCUT2D eigenvalue weighted by atomic mass is 16.5. The van der Waals surface area contributed by atoms with Gasteiger partial charge in [-0.2, -0.15) is 5.10 Å². The van der Waals surface area contributed by atoms with Gasteiger partial charge in [0.15, 0.2) is 0 Å². The van der Waals surface area contributed by atoms with E-state index in [-0.39, 0.29) is 6.10 Å². The van der Waals surface area contributed by atoms with Gasteiger partial charge in [0.1, 0.15) is 5.76 Å². The lowest BCUT2D eigenvalue weighted by Crippen LogP contribution is -2.44. The molecular formula is C16H24N4O2. The third kappa shape index (κ3) is 3.39. The highest BCUT2D eigenvalue weighted by Crippen LogP contribution is 2.15. The molecule has 2 aromatic heterocycles. The van der Waals surface area contributed by atoms with Crippen molar-refractivity contribution in [3.05, 3.63) is 34.8 Å². The standard InChI is InChI=1S/C16H24N4O2/c1-11-7-12(2)20(18-11)9-15-8-19(5-6-21-15)10-16-17-13(3)14(4)22-16/h7,15H,5-6,8-10H2,1-4H3/t15-/m1/s1. The molecule has 3 rings (SSSR count). The van der Waals surface area contributed by atoms with E-state index < -0.39 is 0 Å². The first-order chi connectivity index (χ1) is 10.5. The van der Waals surface area contributed by atoms with Gasteiger partial charge < -0.3 is 9.15 Å². The summed E-state index contributed by atoms with van der Waals surface area (Å²) in [6, 6.07) is 2.10. The molecule has 2 aromatic rings. The molecule has 0 N–H and O–H groups in total. The van der Waals surface area contributed by atoms with E-state index >= 15 is 0 Å². The third-order valence-electron chi connectivity index (χ3n) is 4.13. The topological polar surface area (TPSA) is 56.3 Å². The van der Waals surface area contributed by atoms with Gasteiger partial charge in [0, 0.05) is 18.8 Å². The zero-order valence-corrected chi connectivity index (χ0v) is 13.8. The maximum Gasteiger partial charge on any atom is 0.208 e. The Bertz CT molecular complexity index is 627. The van der Waals surface area contributed by atoms with E-state index in [1.165, 1.54) is 5.69 Å². The van der Waals surface area contributed by atoms with Gasteiger partial charge in [-0.05, 0) is 33.8 Å². The summed E-state index contributed by atoms with van der Waals surface area (Å²) in [7, 11) is 0. The molecule has 0 aromatic carbocycles. The Hall–Kier alpha value is -1.66. The molecule has 0 radical (unpaired) electrons. The van der Waals surface area contributed by atoms with Crippen LogP contribution in [0.25, 0.3) is 0 Å². The maximum atomic E-state index is 5.89. The summed E-state index contributed by atoms with van der Waals surface area (Å²) in [6.07, 6.45) is 0.156. The predicted molar refractivity (Wildman–Crippen MR) is 82.7 cm³/mol. The summed E-state index contributed by atoms with van der Waals surface area (Å²) in [5.74, 6) is 1.70. The van der Waals surface area contributed by atoms with Crippen molar-refractivity contribution in [1.82, 2.24) is 19.7 Å². The van der Waals surface area contributed by atoms with Crippen LogP contribution in [0.3, 0.4) is 0 Å². The van der Waals surface area contributed by atoms with Crippen LogP contribution in [0.5, 0.6) is 0 Å². The van der Waals surface area contributed by atoms with Crippen molar-refractivity contribution in [2.24, 2.45) is 0 Å². The van der Waals surface area contributed by atoms with E-state index in [9.17, 15) is 0 Å². The van der Waals surface area contributed by atoms with Crippen LogP contribution in [0.15, 0.2) is 10.5 Å². The summed E-state index contributed by atoms with van der Waals surface area (Å²) >= 11 is 0. The van der Waals surface area contributed by atoms with Gasteiger partial charge in [-0.3, -0.25) is 9.58 Å². The summed E-state index contributed by atoms with van der Waals surface area (Å²) < 4.78 is 13.6. The fraction of sp³-hybridized carbons (Fsp3) is 0.625. The molecule has 1 aliphatic heterocycles. The highest BCUT2D eigenvalue weighted by Gasteiger charge is 2.23. The van der Waals surface area contributed by atoms with E-state index in [2.05, 4.69) is 28.0 Å². The molecule has 6 heteroatoms. The van der Waals surface area contributed by atoms with E-state index in [1.807, 2.05) is 25.5 Å². The van der Waals surface area contributed by atoms with Crippen LogP contribution in [0, 0.1) is 27.7 Å². The third-order valence-corrected chi connectivity index (χ3v) is 4.13. The molecule has 0 saturated carbocycles. The monoisotopic (exact) mass is 304 g/mol. The lowest BCUT2D eigenvalue weighted by Gasteiger charge is -2.32. The minimum atomic E-state index is 0.156. The normalized spacial score (nSPS) is 19.7. The molecule has 120 valence electrons. The number of aryl methyl sites for hydroxylation is 4. The largest absolute Gasteiger partial charge is 0.444 e. The lowest BCUT2D eigenvalue weighted by molar-refractivity contribution is -0.0425. The molecule has 0 aliphatic carbocycles. The summed E-state index contributed by atoms with van der Waals surface area (Å²) in [6.45, 7) is 12.1. The molecule has 0 amide bonds. The lowest BCUT2D eigenvalue weighted by atomic mass is 10.2. The predicted octanol–water partition coefficient (Wildman–Crippen LogP) is 2.01. The van der Waals surface area contributed by atoms with Crippen molar-refractivity contribution in [3.8, 4) is 0 Å². The molecule has 22 heavy (non-hydrogen) atoms. The van der Waals surface area contributed by atoms with Crippen molar-refractivity contribution in [2.75, 3.05) is 19.7 Å². The Morgan fingerprint density at radius 2 is 2.09 bits per heavy atom. The smallest absolute Gasteiger partial charge is 0.208 e. The maximum absolute atomic E-state index is 5.89. The first-order valence-corrected chi connectivity index (χ1v) is 7.79. The number of oxazole rings is 1. The Morgan fingerprint density at radius 1 is 1.27 bits per heavy atom. The average molecular weight is 304 g/mol. The second-order valence-corrected chi connectivity index (χ2v) is 6.09. The van der Waals surface area contributed by atoms with Crippen LogP contribution in [-0.4, -0.2) is 45.5 Å². The molecule has 0 bridgehead atoms. The fourth-order valence-corrected chi connectivity index (χ4v) is 2.89. The van der Waals surface area contributed by atoms with Gasteiger partial charge in [0.25, 0.3) is 0 Å². The second-order valence-electron chi connectivity index (χ2n) is 6.09. The highest BCUT2D eigenvalue weighted by molar-refractivity contribution is 5.07. The fourth-order valence-electron chi connectivity index (χ4n) is 2.89. The number of ether oxygens (including phenoxy) is 1. The quantitative estimate of drug-likeness (QED) is 0.865. The zero-order valence-electron chi connectivity index (χ0n) is 13.8. The first-order valence-electron chi connectivity index (χ1n) is 7.79. The number of rotatable bonds is 4.